The fourth-order valence-electron chi connectivity index (χ4n) is 2.47. The first-order valence-electron chi connectivity index (χ1n) is 8.36. The molecule has 0 saturated heterocycles. The van der Waals surface area contributed by atoms with Gasteiger partial charge in [0.25, 0.3) is 0 Å². The molecule has 0 radical (unpaired) electrons. The molecule has 0 saturated carbocycles. The summed E-state index contributed by atoms with van der Waals surface area (Å²) in [6.07, 6.45) is 1.73. The summed E-state index contributed by atoms with van der Waals surface area (Å²) in [5, 5.41) is 2.45. The standard InChI is InChI=1S/C20H24FNO3S/c1-20(2,3)15-8-5-14(6-9-15)7-12-19(23)22-18-13-16(26(4,24)25)10-11-17(18)21/h5-6,8-11,13H,7,12H2,1-4H3,(H,22,23). The van der Waals surface area contributed by atoms with Crippen LogP contribution in [0, 0.1) is 5.82 Å². The van der Waals surface area contributed by atoms with Gasteiger partial charge in [0.15, 0.2) is 9.84 Å². The van der Waals surface area contributed by atoms with E-state index in [0.29, 0.717) is 6.42 Å². The van der Waals surface area contributed by atoms with Crippen LogP contribution >= 0.6 is 0 Å². The van der Waals surface area contributed by atoms with Gasteiger partial charge in [0.05, 0.1) is 10.6 Å². The van der Waals surface area contributed by atoms with Gasteiger partial charge >= 0.3 is 0 Å². The fraction of sp³-hybridized carbons (Fsp3) is 0.350. The van der Waals surface area contributed by atoms with Crippen LogP contribution in [0.4, 0.5) is 10.1 Å². The molecule has 2 aromatic carbocycles. The highest BCUT2D eigenvalue weighted by Crippen LogP contribution is 2.23. The lowest BCUT2D eigenvalue weighted by Crippen LogP contribution is -2.14. The first-order valence-corrected chi connectivity index (χ1v) is 10.2. The summed E-state index contributed by atoms with van der Waals surface area (Å²) < 4.78 is 36.9. The molecule has 140 valence electrons. The van der Waals surface area contributed by atoms with Crippen molar-refractivity contribution < 1.29 is 17.6 Å². The van der Waals surface area contributed by atoms with E-state index in [4.69, 9.17) is 0 Å². The zero-order valence-corrected chi connectivity index (χ0v) is 16.3. The average molecular weight is 377 g/mol. The van der Waals surface area contributed by atoms with E-state index >= 15 is 0 Å². The number of hydrogen-bond donors (Lipinski definition) is 1. The Kier molecular flexibility index (Phi) is 5.86. The van der Waals surface area contributed by atoms with Crippen LogP contribution in [0.15, 0.2) is 47.4 Å². The highest BCUT2D eigenvalue weighted by molar-refractivity contribution is 7.90. The van der Waals surface area contributed by atoms with Crippen LogP contribution in [0.25, 0.3) is 0 Å². The molecule has 0 unspecified atom stereocenters. The van der Waals surface area contributed by atoms with Gasteiger partial charge in [-0.2, -0.15) is 0 Å². The second-order valence-electron chi connectivity index (χ2n) is 7.41. The van der Waals surface area contributed by atoms with Gasteiger partial charge in [-0.15, -0.1) is 0 Å². The van der Waals surface area contributed by atoms with Gasteiger partial charge in [0.2, 0.25) is 5.91 Å². The molecule has 0 fully saturated rings. The summed E-state index contributed by atoms with van der Waals surface area (Å²) >= 11 is 0. The second-order valence-corrected chi connectivity index (χ2v) is 9.42. The average Bonchev–Trinajstić information content (AvgIpc) is 2.53. The molecule has 4 nitrogen and oxygen atoms in total. The first-order chi connectivity index (χ1) is 12.0. The largest absolute Gasteiger partial charge is 0.324 e. The maximum absolute atomic E-state index is 13.8. The molecule has 0 bridgehead atoms. The molecular formula is C20H24FNO3S. The summed E-state index contributed by atoms with van der Waals surface area (Å²) in [6.45, 7) is 6.40. The lowest BCUT2D eigenvalue weighted by atomic mass is 9.86. The third-order valence-corrected chi connectivity index (χ3v) is 5.21. The molecule has 26 heavy (non-hydrogen) atoms. The highest BCUT2D eigenvalue weighted by atomic mass is 32.2. The first kappa shape index (κ1) is 20.1. The molecule has 0 atom stereocenters. The van der Waals surface area contributed by atoms with Crippen LogP contribution in [0.5, 0.6) is 0 Å². The van der Waals surface area contributed by atoms with E-state index < -0.39 is 15.7 Å². The number of rotatable bonds is 5. The van der Waals surface area contributed by atoms with E-state index in [1.54, 1.807) is 0 Å². The Hall–Kier alpha value is -2.21. The van der Waals surface area contributed by atoms with E-state index in [1.807, 2.05) is 24.3 Å². The summed E-state index contributed by atoms with van der Waals surface area (Å²) in [5.74, 6) is -1.03. The molecule has 2 rings (SSSR count). The minimum atomic E-state index is -3.47. The Balaban J connectivity index is 2.01. The van der Waals surface area contributed by atoms with Crippen molar-refractivity contribution in [3.63, 3.8) is 0 Å². The number of hydrogen-bond acceptors (Lipinski definition) is 3. The Morgan fingerprint density at radius 3 is 2.23 bits per heavy atom. The van der Waals surface area contributed by atoms with Crippen molar-refractivity contribution in [2.75, 3.05) is 11.6 Å². The number of halogens is 1. The van der Waals surface area contributed by atoms with Crippen molar-refractivity contribution in [2.24, 2.45) is 0 Å². The Morgan fingerprint density at radius 2 is 1.69 bits per heavy atom. The van der Waals surface area contributed by atoms with Crippen molar-refractivity contribution >= 4 is 21.4 Å². The molecule has 0 spiro atoms. The van der Waals surface area contributed by atoms with Gasteiger partial charge in [-0.1, -0.05) is 45.0 Å². The van der Waals surface area contributed by atoms with Crippen LogP contribution in [-0.2, 0) is 26.5 Å². The van der Waals surface area contributed by atoms with Gasteiger partial charge in [-0.05, 0) is 41.2 Å². The maximum atomic E-state index is 13.8. The minimum Gasteiger partial charge on any atom is -0.324 e. The molecule has 0 heterocycles. The third kappa shape index (κ3) is 5.39. The lowest BCUT2D eigenvalue weighted by Gasteiger charge is -2.19. The Morgan fingerprint density at radius 1 is 1.08 bits per heavy atom. The van der Waals surface area contributed by atoms with Crippen molar-refractivity contribution in [1.82, 2.24) is 0 Å². The maximum Gasteiger partial charge on any atom is 0.224 e. The van der Waals surface area contributed by atoms with Gasteiger partial charge in [0, 0.05) is 12.7 Å². The van der Waals surface area contributed by atoms with Crippen LogP contribution in [0.2, 0.25) is 0 Å². The number of sulfone groups is 1. The normalized spacial score (nSPS) is 12.0. The lowest BCUT2D eigenvalue weighted by molar-refractivity contribution is -0.116. The molecule has 0 aliphatic carbocycles. The monoisotopic (exact) mass is 377 g/mol. The van der Waals surface area contributed by atoms with Crippen LogP contribution < -0.4 is 5.32 Å². The molecule has 0 aliphatic heterocycles. The third-order valence-electron chi connectivity index (χ3n) is 4.10. The van der Waals surface area contributed by atoms with Gasteiger partial charge in [-0.25, -0.2) is 12.8 Å². The summed E-state index contributed by atoms with van der Waals surface area (Å²) in [5.41, 5.74) is 2.17. The summed E-state index contributed by atoms with van der Waals surface area (Å²) in [4.78, 5) is 12.1. The van der Waals surface area contributed by atoms with Crippen molar-refractivity contribution in [3.8, 4) is 0 Å². The van der Waals surface area contributed by atoms with E-state index in [-0.39, 0.29) is 28.3 Å². The van der Waals surface area contributed by atoms with E-state index in [2.05, 4.69) is 26.1 Å². The van der Waals surface area contributed by atoms with E-state index in [0.717, 1.165) is 24.0 Å². The topological polar surface area (TPSA) is 63.2 Å². The zero-order valence-electron chi connectivity index (χ0n) is 15.5. The predicted octanol–water partition coefficient (Wildman–Crippen LogP) is 4.10. The minimum absolute atomic E-state index is 0.0352. The quantitative estimate of drug-likeness (QED) is 0.798. The number of anilines is 1. The van der Waals surface area contributed by atoms with Gasteiger partial charge < -0.3 is 5.32 Å². The number of carbonyl (C=O) groups is 1. The molecule has 2 aromatic rings. The van der Waals surface area contributed by atoms with Crippen LogP contribution in [-0.4, -0.2) is 20.6 Å². The Bertz CT molecular complexity index is 898. The smallest absolute Gasteiger partial charge is 0.224 e. The molecular weight excluding hydrogens is 353 g/mol. The molecule has 1 N–H and O–H groups in total. The van der Waals surface area contributed by atoms with Crippen molar-refractivity contribution in [2.45, 2.75) is 43.9 Å². The predicted molar refractivity (Wildman–Crippen MR) is 102 cm³/mol. The van der Waals surface area contributed by atoms with Crippen molar-refractivity contribution in [3.05, 3.63) is 59.4 Å². The summed E-state index contributed by atoms with van der Waals surface area (Å²) in [7, 11) is -3.47. The van der Waals surface area contributed by atoms with Gasteiger partial charge in [0.1, 0.15) is 5.82 Å². The summed E-state index contributed by atoms with van der Waals surface area (Å²) in [6, 6.07) is 11.4. The number of nitrogens with one attached hydrogen (secondary N) is 1. The van der Waals surface area contributed by atoms with Gasteiger partial charge in [-0.3, -0.25) is 4.79 Å². The fourth-order valence-corrected chi connectivity index (χ4v) is 3.12. The molecule has 0 aliphatic rings. The number of carbonyl (C=O) groups excluding carboxylic acids is 1. The zero-order chi connectivity index (χ0) is 19.5. The van der Waals surface area contributed by atoms with Crippen LogP contribution in [0.1, 0.15) is 38.3 Å². The molecule has 6 heteroatoms. The SMILES string of the molecule is CC(C)(C)c1ccc(CCC(=O)Nc2cc(S(C)(=O)=O)ccc2F)cc1. The number of benzene rings is 2. The van der Waals surface area contributed by atoms with Crippen LogP contribution in [0.3, 0.4) is 0 Å². The highest BCUT2D eigenvalue weighted by Gasteiger charge is 2.14. The number of amides is 1. The molecule has 1 amide bonds. The number of aryl methyl sites for hydroxylation is 1. The molecule has 0 aromatic heterocycles. The van der Waals surface area contributed by atoms with Crippen molar-refractivity contribution in [1.29, 1.82) is 0 Å². The second kappa shape index (κ2) is 7.58. The van der Waals surface area contributed by atoms with E-state index in [9.17, 15) is 17.6 Å². The Labute approximate surface area is 154 Å². The van der Waals surface area contributed by atoms with E-state index in [1.165, 1.54) is 11.6 Å².